The zero-order chi connectivity index (χ0) is 12.5. The number of nitrogens with one attached hydrogen (secondary N) is 1. The first-order valence-electron chi connectivity index (χ1n) is 7.58. The highest BCUT2D eigenvalue weighted by Crippen LogP contribution is 2.65. The molecule has 3 aliphatic carbocycles. The first-order chi connectivity index (χ1) is 8.52. The zero-order valence-corrected chi connectivity index (χ0v) is 11.7. The van der Waals surface area contributed by atoms with Crippen LogP contribution in [-0.2, 0) is 9.31 Å². The molecule has 2 heterocycles. The SMILES string of the molecule is CC1(C)[C@H]2C[C@H]1[C@@]1(C)OB([C@H]3CCCN3)O[C@@H]1C2. The zero-order valence-electron chi connectivity index (χ0n) is 11.7. The van der Waals surface area contributed by atoms with Crippen LogP contribution in [0.4, 0.5) is 0 Å². The normalized spacial score (nSPS) is 53.2. The molecule has 0 aromatic rings. The number of hydrogen-bond donors (Lipinski definition) is 1. The molecule has 1 N–H and O–H groups in total. The van der Waals surface area contributed by atoms with Crippen LogP contribution in [0.5, 0.6) is 0 Å². The first-order valence-corrected chi connectivity index (χ1v) is 7.58. The van der Waals surface area contributed by atoms with Crippen molar-refractivity contribution in [3.63, 3.8) is 0 Å². The Balaban J connectivity index is 1.57. The van der Waals surface area contributed by atoms with Gasteiger partial charge in [-0.3, -0.25) is 0 Å². The van der Waals surface area contributed by atoms with Crippen LogP contribution >= 0.6 is 0 Å². The molecule has 0 radical (unpaired) electrons. The second-order valence-electron chi connectivity index (χ2n) is 7.54. The van der Waals surface area contributed by atoms with E-state index in [4.69, 9.17) is 9.31 Å². The second-order valence-corrected chi connectivity index (χ2v) is 7.54. The molecule has 0 unspecified atom stereocenters. The fourth-order valence-electron chi connectivity index (χ4n) is 5.01. The fourth-order valence-corrected chi connectivity index (χ4v) is 5.01. The summed E-state index contributed by atoms with van der Waals surface area (Å²) in [5.74, 6) is 1.95. The standard InChI is InChI=1S/C14H24BNO2/c1-13(2)9-7-10(13)14(3)11(8-9)17-15(18-14)12-5-4-6-16-12/h9-12,16H,4-8H2,1-3H3/t9-,10+,11+,12+,14+/m0/s1. The van der Waals surface area contributed by atoms with Gasteiger partial charge in [0.25, 0.3) is 0 Å². The van der Waals surface area contributed by atoms with E-state index in [1.165, 1.54) is 25.7 Å². The maximum Gasteiger partial charge on any atom is 0.475 e. The van der Waals surface area contributed by atoms with E-state index in [1.54, 1.807) is 0 Å². The Morgan fingerprint density at radius 1 is 1.22 bits per heavy atom. The van der Waals surface area contributed by atoms with Crippen molar-refractivity contribution in [2.45, 2.75) is 64.1 Å². The predicted molar refractivity (Wildman–Crippen MR) is 71.1 cm³/mol. The van der Waals surface area contributed by atoms with E-state index in [1.807, 2.05) is 0 Å². The summed E-state index contributed by atoms with van der Waals surface area (Å²) in [6, 6.07) is 0. The van der Waals surface area contributed by atoms with Crippen molar-refractivity contribution < 1.29 is 9.31 Å². The largest absolute Gasteiger partial charge is 0.475 e. The minimum Gasteiger partial charge on any atom is -0.404 e. The van der Waals surface area contributed by atoms with Crippen LogP contribution in [0.25, 0.3) is 0 Å². The van der Waals surface area contributed by atoms with Crippen molar-refractivity contribution in [3.05, 3.63) is 0 Å². The summed E-state index contributed by atoms with van der Waals surface area (Å²) in [5.41, 5.74) is 0.416. The lowest BCUT2D eigenvalue weighted by Gasteiger charge is -2.64. The molecule has 5 atom stereocenters. The molecule has 5 aliphatic rings. The maximum atomic E-state index is 6.44. The molecule has 0 amide bonds. The van der Waals surface area contributed by atoms with E-state index in [-0.39, 0.29) is 12.7 Å². The van der Waals surface area contributed by atoms with Crippen LogP contribution < -0.4 is 5.32 Å². The highest BCUT2D eigenvalue weighted by Gasteiger charge is 2.68. The third-order valence-electron chi connectivity index (χ3n) is 6.40. The van der Waals surface area contributed by atoms with Gasteiger partial charge >= 0.3 is 7.12 Å². The lowest BCUT2D eigenvalue weighted by atomic mass is 9.43. The van der Waals surface area contributed by atoms with Crippen LogP contribution in [0, 0.1) is 17.3 Å². The van der Waals surface area contributed by atoms with Crippen LogP contribution in [0.2, 0.25) is 0 Å². The van der Waals surface area contributed by atoms with Crippen molar-refractivity contribution in [2.24, 2.45) is 17.3 Å². The summed E-state index contributed by atoms with van der Waals surface area (Å²) in [6.07, 6.45) is 5.33. The molecule has 3 saturated carbocycles. The molecular formula is C14H24BNO2. The molecule has 100 valence electrons. The van der Waals surface area contributed by atoms with Crippen LogP contribution in [0.1, 0.15) is 46.5 Å². The van der Waals surface area contributed by atoms with E-state index in [0.29, 0.717) is 23.4 Å². The van der Waals surface area contributed by atoms with Gasteiger partial charge in [0.1, 0.15) is 0 Å². The van der Waals surface area contributed by atoms with E-state index >= 15 is 0 Å². The lowest BCUT2D eigenvalue weighted by Crippen LogP contribution is -2.65. The summed E-state index contributed by atoms with van der Waals surface area (Å²) in [5, 5.41) is 3.52. The van der Waals surface area contributed by atoms with E-state index in [2.05, 4.69) is 26.1 Å². The summed E-state index contributed by atoms with van der Waals surface area (Å²) < 4.78 is 12.7. The van der Waals surface area contributed by atoms with Gasteiger partial charge in [0.15, 0.2) is 0 Å². The van der Waals surface area contributed by atoms with Crippen LogP contribution in [-0.4, -0.2) is 31.3 Å². The molecule has 4 heteroatoms. The Bertz CT molecular complexity index is 369. The molecule has 0 spiro atoms. The Labute approximate surface area is 110 Å². The Morgan fingerprint density at radius 3 is 2.72 bits per heavy atom. The maximum absolute atomic E-state index is 6.44. The molecule has 3 nitrogen and oxygen atoms in total. The smallest absolute Gasteiger partial charge is 0.404 e. The van der Waals surface area contributed by atoms with Gasteiger partial charge in [-0.05, 0) is 56.4 Å². The van der Waals surface area contributed by atoms with Gasteiger partial charge in [-0.15, -0.1) is 0 Å². The quantitative estimate of drug-likeness (QED) is 0.721. The van der Waals surface area contributed by atoms with Crippen molar-refractivity contribution in [2.75, 3.05) is 6.54 Å². The van der Waals surface area contributed by atoms with Gasteiger partial charge in [-0.2, -0.15) is 0 Å². The van der Waals surface area contributed by atoms with Gasteiger partial charge in [-0.25, -0.2) is 0 Å². The average molecular weight is 249 g/mol. The summed E-state index contributed by atoms with van der Waals surface area (Å²) in [6.45, 7) is 8.25. The number of rotatable bonds is 1. The van der Waals surface area contributed by atoms with Crippen LogP contribution in [0.3, 0.4) is 0 Å². The molecule has 5 rings (SSSR count). The van der Waals surface area contributed by atoms with Gasteiger partial charge in [0.05, 0.1) is 11.7 Å². The third-order valence-corrected chi connectivity index (χ3v) is 6.40. The van der Waals surface area contributed by atoms with Gasteiger partial charge in [-0.1, -0.05) is 13.8 Å². The predicted octanol–water partition coefficient (Wildman–Crippen LogP) is 2.01. The topological polar surface area (TPSA) is 30.5 Å². The van der Waals surface area contributed by atoms with Crippen molar-refractivity contribution in [1.82, 2.24) is 5.32 Å². The molecule has 18 heavy (non-hydrogen) atoms. The molecule has 0 aromatic heterocycles. The van der Waals surface area contributed by atoms with E-state index < -0.39 is 0 Å². The monoisotopic (exact) mass is 249 g/mol. The van der Waals surface area contributed by atoms with E-state index in [9.17, 15) is 0 Å². The van der Waals surface area contributed by atoms with Crippen LogP contribution in [0.15, 0.2) is 0 Å². The molecule has 2 saturated heterocycles. The number of hydrogen-bond acceptors (Lipinski definition) is 3. The Morgan fingerprint density at radius 2 is 2.06 bits per heavy atom. The molecule has 2 bridgehead atoms. The highest BCUT2D eigenvalue weighted by atomic mass is 16.7. The van der Waals surface area contributed by atoms with Crippen molar-refractivity contribution in [3.8, 4) is 0 Å². The minimum absolute atomic E-state index is 0.00218. The summed E-state index contributed by atoms with van der Waals surface area (Å²) in [4.78, 5) is 0. The first kappa shape index (κ1) is 11.7. The third kappa shape index (κ3) is 1.32. The molecule has 5 fully saturated rings. The van der Waals surface area contributed by atoms with Crippen molar-refractivity contribution >= 4 is 7.12 Å². The van der Waals surface area contributed by atoms with Gasteiger partial charge in [0.2, 0.25) is 0 Å². The second kappa shape index (κ2) is 3.53. The molecule has 0 aromatic carbocycles. The van der Waals surface area contributed by atoms with Crippen molar-refractivity contribution in [1.29, 1.82) is 0 Å². The Kier molecular flexibility index (Phi) is 2.30. The molecule has 2 aliphatic heterocycles. The Hall–Kier alpha value is -0.0551. The minimum atomic E-state index is -0.0345. The summed E-state index contributed by atoms with van der Waals surface area (Å²) in [7, 11) is -0.00218. The average Bonchev–Trinajstić information content (AvgIpc) is 2.92. The van der Waals surface area contributed by atoms with Gasteiger partial charge in [0, 0.05) is 5.94 Å². The fraction of sp³-hybridized carbons (Fsp3) is 1.00. The highest BCUT2D eigenvalue weighted by molar-refractivity contribution is 6.47. The van der Waals surface area contributed by atoms with Gasteiger partial charge < -0.3 is 14.6 Å². The van der Waals surface area contributed by atoms with E-state index in [0.717, 1.165) is 12.5 Å². The molecular weight excluding hydrogens is 225 g/mol. The lowest BCUT2D eigenvalue weighted by molar-refractivity contribution is -0.199. The summed E-state index contributed by atoms with van der Waals surface area (Å²) >= 11 is 0.